The summed E-state index contributed by atoms with van der Waals surface area (Å²) in [5.74, 6) is -0.903. The molecular weight excluding hydrogens is 372 g/mol. The van der Waals surface area contributed by atoms with E-state index >= 15 is 0 Å². The van der Waals surface area contributed by atoms with E-state index in [9.17, 15) is 9.59 Å². The second kappa shape index (κ2) is 8.87. The number of carbonyl (C=O) groups is 2. The lowest BCUT2D eigenvalue weighted by Crippen LogP contribution is -2.36. The van der Waals surface area contributed by atoms with Crippen molar-refractivity contribution in [3.8, 4) is 0 Å². The number of rotatable bonds is 6. The van der Waals surface area contributed by atoms with E-state index in [2.05, 4.69) is 27.3 Å². The highest BCUT2D eigenvalue weighted by atomic mass is 79.9. The normalized spacial score (nSPS) is 15.3. The van der Waals surface area contributed by atoms with E-state index in [0.29, 0.717) is 12.2 Å². The molecule has 0 spiro atoms. The highest BCUT2D eigenvalue weighted by molar-refractivity contribution is 9.10. The first-order valence-corrected chi connectivity index (χ1v) is 8.98. The van der Waals surface area contributed by atoms with Gasteiger partial charge in [0.2, 0.25) is 0 Å². The van der Waals surface area contributed by atoms with Crippen LogP contribution in [0.2, 0.25) is 0 Å². The number of nitrogens with two attached hydrogens (primary N) is 1. The van der Waals surface area contributed by atoms with E-state index in [-0.39, 0.29) is 11.5 Å². The third kappa shape index (κ3) is 5.37. The van der Waals surface area contributed by atoms with Gasteiger partial charge in [0.1, 0.15) is 0 Å². The number of esters is 1. The number of allylic oxidation sites excluding steroid dienone is 1. The van der Waals surface area contributed by atoms with E-state index in [0.717, 1.165) is 23.7 Å². The molecule has 130 valence electrons. The second-order valence-corrected chi connectivity index (χ2v) is 6.84. The van der Waals surface area contributed by atoms with Crippen molar-refractivity contribution in [2.24, 2.45) is 0 Å². The van der Waals surface area contributed by atoms with Crippen LogP contribution in [0.15, 0.2) is 34.3 Å². The standard InChI is InChI=1S/C18H23BrN2O3/c1-12(17(22)21-10-9-13-5-3-2-4-6-13)24-18(23)15-11-14(19)7-8-16(15)20/h5,7-8,11-12H,2-4,6,9-10,20H2,1H3,(H,21,22)/t12-/m0/s1. The third-order valence-electron chi connectivity index (χ3n) is 4.02. The summed E-state index contributed by atoms with van der Waals surface area (Å²) < 4.78 is 5.93. The predicted molar refractivity (Wildman–Crippen MR) is 97.6 cm³/mol. The number of ether oxygens (including phenoxy) is 1. The van der Waals surface area contributed by atoms with Crippen LogP contribution in [0.5, 0.6) is 0 Å². The number of nitrogens with one attached hydrogen (secondary N) is 1. The zero-order chi connectivity index (χ0) is 17.5. The summed E-state index contributed by atoms with van der Waals surface area (Å²) in [4.78, 5) is 24.2. The van der Waals surface area contributed by atoms with Crippen LogP contribution in [0.3, 0.4) is 0 Å². The fraction of sp³-hybridized carbons (Fsp3) is 0.444. The predicted octanol–water partition coefficient (Wildman–Crippen LogP) is 3.58. The maximum Gasteiger partial charge on any atom is 0.341 e. The Kier molecular flexibility index (Phi) is 6.85. The highest BCUT2D eigenvalue weighted by Gasteiger charge is 2.20. The summed E-state index contributed by atoms with van der Waals surface area (Å²) in [6, 6.07) is 4.93. The highest BCUT2D eigenvalue weighted by Crippen LogP contribution is 2.20. The van der Waals surface area contributed by atoms with Crippen LogP contribution in [0.1, 0.15) is 49.4 Å². The number of halogens is 1. The molecule has 0 aromatic heterocycles. The molecule has 0 bridgehead atoms. The van der Waals surface area contributed by atoms with Gasteiger partial charge in [-0.2, -0.15) is 0 Å². The number of hydrogen-bond donors (Lipinski definition) is 2. The molecule has 0 saturated carbocycles. The molecule has 1 amide bonds. The Balaban J connectivity index is 1.81. The average Bonchev–Trinajstić information content (AvgIpc) is 2.57. The Morgan fingerprint density at radius 2 is 2.17 bits per heavy atom. The lowest BCUT2D eigenvalue weighted by atomic mass is 9.97. The molecular formula is C18H23BrN2O3. The zero-order valence-electron chi connectivity index (χ0n) is 13.8. The van der Waals surface area contributed by atoms with Crippen LogP contribution >= 0.6 is 15.9 Å². The Bertz CT molecular complexity index is 643. The molecule has 1 aromatic rings. The van der Waals surface area contributed by atoms with Gasteiger partial charge in [0.25, 0.3) is 5.91 Å². The van der Waals surface area contributed by atoms with Crippen molar-refractivity contribution in [2.75, 3.05) is 12.3 Å². The first-order chi connectivity index (χ1) is 11.5. The lowest BCUT2D eigenvalue weighted by molar-refractivity contribution is -0.129. The van der Waals surface area contributed by atoms with Crippen LogP contribution in [-0.4, -0.2) is 24.5 Å². The van der Waals surface area contributed by atoms with Gasteiger partial charge in [0.15, 0.2) is 6.10 Å². The van der Waals surface area contributed by atoms with Gasteiger partial charge in [-0.1, -0.05) is 27.6 Å². The summed E-state index contributed by atoms with van der Waals surface area (Å²) in [6.45, 7) is 2.12. The van der Waals surface area contributed by atoms with Gasteiger partial charge in [0, 0.05) is 16.7 Å². The van der Waals surface area contributed by atoms with Crippen molar-refractivity contribution in [3.63, 3.8) is 0 Å². The largest absolute Gasteiger partial charge is 0.449 e. The zero-order valence-corrected chi connectivity index (χ0v) is 15.4. The van der Waals surface area contributed by atoms with E-state index < -0.39 is 12.1 Å². The molecule has 0 fully saturated rings. The molecule has 3 N–H and O–H groups in total. The Morgan fingerprint density at radius 1 is 1.38 bits per heavy atom. The smallest absolute Gasteiger partial charge is 0.341 e. The SMILES string of the molecule is C[C@H](OC(=O)c1cc(Br)ccc1N)C(=O)NCCC1=CCCCC1. The lowest BCUT2D eigenvalue weighted by Gasteiger charge is -2.16. The van der Waals surface area contributed by atoms with Crippen molar-refractivity contribution in [1.29, 1.82) is 0 Å². The average molecular weight is 395 g/mol. The first kappa shape index (κ1) is 18.5. The Morgan fingerprint density at radius 3 is 2.88 bits per heavy atom. The van der Waals surface area contributed by atoms with Crippen LogP contribution in [-0.2, 0) is 9.53 Å². The molecule has 1 aliphatic carbocycles. The molecule has 0 aliphatic heterocycles. The minimum absolute atomic E-state index is 0.247. The van der Waals surface area contributed by atoms with Crippen molar-refractivity contribution in [1.82, 2.24) is 5.32 Å². The summed E-state index contributed by atoms with van der Waals surface area (Å²) in [7, 11) is 0. The molecule has 6 heteroatoms. The Labute approximate surface area is 150 Å². The second-order valence-electron chi connectivity index (χ2n) is 5.93. The van der Waals surface area contributed by atoms with Gasteiger partial charge in [-0.15, -0.1) is 0 Å². The summed E-state index contributed by atoms with van der Waals surface area (Å²) >= 11 is 3.28. The van der Waals surface area contributed by atoms with Gasteiger partial charge in [0.05, 0.1) is 5.56 Å². The minimum atomic E-state index is -0.865. The number of carbonyl (C=O) groups excluding carboxylic acids is 2. The van der Waals surface area contributed by atoms with Gasteiger partial charge >= 0.3 is 5.97 Å². The molecule has 1 aromatic carbocycles. The van der Waals surface area contributed by atoms with Crippen LogP contribution in [0.4, 0.5) is 5.69 Å². The number of hydrogen-bond acceptors (Lipinski definition) is 4. The monoisotopic (exact) mass is 394 g/mol. The summed E-state index contributed by atoms with van der Waals surface area (Å²) in [5.41, 5.74) is 7.74. The molecule has 0 saturated heterocycles. The maximum absolute atomic E-state index is 12.1. The fourth-order valence-corrected chi connectivity index (χ4v) is 2.97. The molecule has 24 heavy (non-hydrogen) atoms. The van der Waals surface area contributed by atoms with E-state index in [1.807, 2.05) is 0 Å². The molecule has 0 radical (unpaired) electrons. The quantitative estimate of drug-likeness (QED) is 0.438. The Hall–Kier alpha value is -1.82. The van der Waals surface area contributed by atoms with E-state index in [1.54, 1.807) is 25.1 Å². The van der Waals surface area contributed by atoms with Gasteiger partial charge in [-0.3, -0.25) is 4.79 Å². The molecule has 1 aliphatic rings. The van der Waals surface area contributed by atoms with Crippen molar-refractivity contribution in [2.45, 2.75) is 45.1 Å². The van der Waals surface area contributed by atoms with Crippen LogP contribution in [0.25, 0.3) is 0 Å². The third-order valence-corrected chi connectivity index (χ3v) is 4.51. The van der Waals surface area contributed by atoms with E-state index in [1.165, 1.54) is 18.4 Å². The topological polar surface area (TPSA) is 81.4 Å². The summed E-state index contributed by atoms with van der Waals surface area (Å²) in [6.07, 6.45) is 6.97. The molecule has 0 unspecified atom stereocenters. The van der Waals surface area contributed by atoms with Gasteiger partial charge in [-0.05, 0) is 57.2 Å². The van der Waals surface area contributed by atoms with Crippen molar-refractivity contribution < 1.29 is 14.3 Å². The molecule has 5 nitrogen and oxygen atoms in total. The van der Waals surface area contributed by atoms with Crippen molar-refractivity contribution >= 4 is 33.5 Å². The number of anilines is 1. The first-order valence-electron chi connectivity index (χ1n) is 8.19. The number of amides is 1. The van der Waals surface area contributed by atoms with Gasteiger partial charge in [-0.25, -0.2) is 4.79 Å². The molecule has 2 rings (SSSR count). The van der Waals surface area contributed by atoms with E-state index in [4.69, 9.17) is 10.5 Å². The summed E-state index contributed by atoms with van der Waals surface area (Å²) in [5, 5.41) is 2.82. The maximum atomic E-state index is 12.1. The van der Waals surface area contributed by atoms with Crippen molar-refractivity contribution in [3.05, 3.63) is 39.9 Å². The molecule has 1 atom stereocenters. The minimum Gasteiger partial charge on any atom is -0.449 e. The molecule has 0 heterocycles. The number of benzene rings is 1. The van der Waals surface area contributed by atoms with Crippen LogP contribution in [0, 0.1) is 0 Å². The van der Waals surface area contributed by atoms with Crippen LogP contribution < -0.4 is 11.1 Å². The number of nitrogen functional groups attached to an aromatic ring is 1. The fourth-order valence-electron chi connectivity index (χ4n) is 2.60. The van der Waals surface area contributed by atoms with Gasteiger partial charge < -0.3 is 15.8 Å².